The van der Waals surface area contributed by atoms with E-state index in [1.165, 1.54) is 56.9 Å². The van der Waals surface area contributed by atoms with Crippen molar-refractivity contribution in [2.45, 2.75) is 64.3 Å². The van der Waals surface area contributed by atoms with E-state index in [2.05, 4.69) is 25.1 Å². The Balaban J connectivity index is 1.79. The fourth-order valence-electron chi connectivity index (χ4n) is 2.86. The topological polar surface area (TPSA) is 26.0 Å². The average Bonchev–Trinajstić information content (AvgIpc) is 2.76. The second kappa shape index (κ2) is 6.20. The van der Waals surface area contributed by atoms with Crippen molar-refractivity contribution in [2.24, 2.45) is 5.73 Å². The number of nitrogens with two attached hydrogens (primary N) is 1. The number of benzene rings is 1. The lowest BCUT2D eigenvalue weighted by molar-refractivity contribution is 0.539. The molecule has 0 saturated carbocycles. The van der Waals surface area contributed by atoms with Gasteiger partial charge in [0.2, 0.25) is 0 Å². The molecule has 0 aromatic heterocycles. The van der Waals surface area contributed by atoms with Gasteiger partial charge in [-0.25, -0.2) is 0 Å². The lowest BCUT2D eigenvalue weighted by Gasteiger charge is -2.10. The highest BCUT2D eigenvalue weighted by Gasteiger charge is 2.10. The van der Waals surface area contributed by atoms with Crippen molar-refractivity contribution >= 4 is 0 Å². The highest BCUT2D eigenvalue weighted by atomic mass is 14.6. The van der Waals surface area contributed by atoms with Crippen molar-refractivity contribution < 1.29 is 0 Å². The van der Waals surface area contributed by atoms with Gasteiger partial charge in [0.15, 0.2) is 0 Å². The first-order chi connectivity index (χ1) is 8.29. The minimum Gasteiger partial charge on any atom is -0.328 e. The van der Waals surface area contributed by atoms with Crippen LogP contribution >= 0.6 is 0 Å². The Morgan fingerprint density at radius 2 is 2.00 bits per heavy atom. The number of hydrogen-bond acceptors (Lipinski definition) is 1. The summed E-state index contributed by atoms with van der Waals surface area (Å²) < 4.78 is 0. The molecule has 0 amide bonds. The van der Waals surface area contributed by atoms with Gasteiger partial charge < -0.3 is 5.73 Å². The molecule has 1 aromatic carbocycles. The predicted octanol–water partition coefficient (Wildman–Crippen LogP) is 3.63. The van der Waals surface area contributed by atoms with Crippen LogP contribution < -0.4 is 5.73 Å². The first-order valence-electron chi connectivity index (χ1n) is 7.16. The van der Waals surface area contributed by atoms with Gasteiger partial charge in [-0.2, -0.15) is 0 Å². The second-order valence-corrected chi connectivity index (χ2v) is 5.40. The number of aryl methyl sites for hydroxylation is 3. The monoisotopic (exact) mass is 231 g/mol. The fourth-order valence-corrected chi connectivity index (χ4v) is 2.86. The van der Waals surface area contributed by atoms with Crippen LogP contribution in [0.1, 0.15) is 55.7 Å². The Kier molecular flexibility index (Phi) is 4.61. The highest BCUT2D eigenvalue weighted by Crippen LogP contribution is 2.23. The molecule has 0 fully saturated rings. The van der Waals surface area contributed by atoms with Gasteiger partial charge in [0.1, 0.15) is 0 Å². The van der Waals surface area contributed by atoms with Crippen molar-refractivity contribution in [1.82, 2.24) is 0 Å². The number of hydrogen-bond donors (Lipinski definition) is 1. The summed E-state index contributed by atoms with van der Waals surface area (Å²) in [5.74, 6) is 0. The maximum Gasteiger partial charge on any atom is 0.00388 e. The van der Waals surface area contributed by atoms with Gasteiger partial charge in [0, 0.05) is 6.04 Å². The van der Waals surface area contributed by atoms with E-state index < -0.39 is 0 Å². The first-order valence-corrected chi connectivity index (χ1v) is 7.16. The summed E-state index contributed by atoms with van der Waals surface area (Å²) in [4.78, 5) is 0. The highest BCUT2D eigenvalue weighted by molar-refractivity contribution is 5.35. The summed E-state index contributed by atoms with van der Waals surface area (Å²) in [6.45, 7) is 2.21. The Hall–Kier alpha value is -0.820. The summed E-state index contributed by atoms with van der Waals surface area (Å²) in [7, 11) is 0. The SMILES string of the molecule is CCCC(N)CCCc1ccc2c(c1)CCC2. The predicted molar refractivity (Wildman–Crippen MR) is 74.3 cm³/mol. The molecule has 1 heteroatoms. The van der Waals surface area contributed by atoms with Crippen molar-refractivity contribution in [3.63, 3.8) is 0 Å². The lowest BCUT2D eigenvalue weighted by Crippen LogP contribution is -2.19. The smallest absolute Gasteiger partial charge is 0.00388 e. The molecule has 0 spiro atoms. The van der Waals surface area contributed by atoms with Crippen LogP contribution in [-0.2, 0) is 19.3 Å². The van der Waals surface area contributed by atoms with Gasteiger partial charge in [-0.3, -0.25) is 0 Å². The molecule has 1 aliphatic rings. The average molecular weight is 231 g/mol. The Bertz CT molecular complexity index is 357. The van der Waals surface area contributed by atoms with E-state index in [1.807, 2.05) is 0 Å². The van der Waals surface area contributed by atoms with Crippen molar-refractivity contribution in [3.05, 3.63) is 34.9 Å². The molecule has 1 nitrogen and oxygen atoms in total. The maximum atomic E-state index is 6.04. The van der Waals surface area contributed by atoms with Crippen LogP contribution in [0.2, 0.25) is 0 Å². The molecule has 0 saturated heterocycles. The van der Waals surface area contributed by atoms with Gasteiger partial charge >= 0.3 is 0 Å². The van der Waals surface area contributed by atoms with Gasteiger partial charge in [-0.05, 0) is 61.6 Å². The zero-order valence-electron chi connectivity index (χ0n) is 11.0. The third-order valence-corrected chi connectivity index (χ3v) is 3.86. The first kappa shape index (κ1) is 12.6. The van der Waals surface area contributed by atoms with Crippen LogP contribution in [0.5, 0.6) is 0 Å². The van der Waals surface area contributed by atoms with E-state index >= 15 is 0 Å². The van der Waals surface area contributed by atoms with Crippen LogP contribution in [0.25, 0.3) is 0 Å². The van der Waals surface area contributed by atoms with E-state index in [1.54, 1.807) is 11.1 Å². The molecule has 2 N–H and O–H groups in total. The molecule has 94 valence electrons. The molecular weight excluding hydrogens is 206 g/mol. The van der Waals surface area contributed by atoms with Gasteiger partial charge in [-0.15, -0.1) is 0 Å². The number of rotatable bonds is 6. The summed E-state index contributed by atoms with van der Waals surface area (Å²) >= 11 is 0. The molecule has 17 heavy (non-hydrogen) atoms. The third kappa shape index (κ3) is 3.57. The van der Waals surface area contributed by atoms with Gasteiger partial charge in [0.25, 0.3) is 0 Å². The molecule has 1 atom stereocenters. The molecule has 0 bridgehead atoms. The molecule has 1 aliphatic carbocycles. The molecule has 1 aromatic rings. The summed E-state index contributed by atoms with van der Waals surface area (Å²) in [6, 6.07) is 7.49. The maximum absolute atomic E-state index is 6.04. The van der Waals surface area contributed by atoms with Gasteiger partial charge in [-0.1, -0.05) is 31.5 Å². The summed E-state index contributed by atoms with van der Waals surface area (Å²) in [5.41, 5.74) is 10.7. The van der Waals surface area contributed by atoms with Crippen LogP contribution in [0.3, 0.4) is 0 Å². The summed E-state index contributed by atoms with van der Waals surface area (Å²) in [5, 5.41) is 0. The van der Waals surface area contributed by atoms with Gasteiger partial charge in [0.05, 0.1) is 0 Å². The zero-order chi connectivity index (χ0) is 12.1. The van der Waals surface area contributed by atoms with E-state index in [0.29, 0.717) is 6.04 Å². The number of fused-ring (bicyclic) bond motifs is 1. The normalized spacial score (nSPS) is 15.9. The Labute approximate surface area is 105 Å². The molecule has 0 aliphatic heterocycles. The van der Waals surface area contributed by atoms with Crippen molar-refractivity contribution in [2.75, 3.05) is 0 Å². The largest absolute Gasteiger partial charge is 0.328 e. The third-order valence-electron chi connectivity index (χ3n) is 3.86. The molecule has 0 radical (unpaired) electrons. The van der Waals surface area contributed by atoms with E-state index in [4.69, 9.17) is 5.73 Å². The Morgan fingerprint density at radius 3 is 2.82 bits per heavy atom. The lowest BCUT2D eigenvalue weighted by atomic mass is 10.00. The standard InChI is InChI=1S/C16H25N/c1-2-5-16(17)9-3-6-13-10-11-14-7-4-8-15(14)12-13/h10-12,16H,2-9,17H2,1H3. The fraction of sp³-hybridized carbons (Fsp3) is 0.625. The molecule has 1 unspecified atom stereocenters. The molecular formula is C16H25N. The minimum atomic E-state index is 0.412. The second-order valence-electron chi connectivity index (χ2n) is 5.40. The minimum absolute atomic E-state index is 0.412. The van der Waals surface area contributed by atoms with E-state index in [0.717, 1.165) is 0 Å². The van der Waals surface area contributed by atoms with E-state index in [-0.39, 0.29) is 0 Å². The molecule has 2 rings (SSSR count). The van der Waals surface area contributed by atoms with Crippen LogP contribution in [0.4, 0.5) is 0 Å². The van der Waals surface area contributed by atoms with Crippen LogP contribution in [-0.4, -0.2) is 6.04 Å². The van der Waals surface area contributed by atoms with Crippen molar-refractivity contribution in [3.8, 4) is 0 Å². The quantitative estimate of drug-likeness (QED) is 0.795. The van der Waals surface area contributed by atoms with Crippen LogP contribution in [0.15, 0.2) is 18.2 Å². The van der Waals surface area contributed by atoms with Crippen molar-refractivity contribution in [1.29, 1.82) is 0 Å². The Morgan fingerprint density at radius 1 is 1.18 bits per heavy atom. The van der Waals surface area contributed by atoms with Crippen LogP contribution in [0, 0.1) is 0 Å². The summed E-state index contributed by atoms with van der Waals surface area (Å²) in [6.07, 6.45) is 9.91. The molecule has 0 heterocycles. The van der Waals surface area contributed by atoms with E-state index in [9.17, 15) is 0 Å². The zero-order valence-corrected chi connectivity index (χ0v) is 11.0.